The first-order chi connectivity index (χ1) is 8.31. The summed E-state index contributed by atoms with van der Waals surface area (Å²) in [7, 11) is 0. The maximum absolute atomic E-state index is 12.1. The molecule has 0 saturated carbocycles. The Labute approximate surface area is 110 Å². The molecule has 0 radical (unpaired) electrons. The van der Waals surface area contributed by atoms with Crippen molar-refractivity contribution in [3.8, 4) is 0 Å². The fourth-order valence-electron chi connectivity index (χ4n) is 1.03. The molecule has 0 atom stereocenters. The summed E-state index contributed by atoms with van der Waals surface area (Å²) in [5, 5.41) is 0.182. The van der Waals surface area contributed by atoms with E-state index in [9.17, 15) is 17.6 Å². The molecule has 0 bridgehead atoms. The molecule has 8 heteroatoms. The summed E-state index contributed by atoms with van der Waals surface area (Å²) in [4.78, 5) is 3.91. The van der Waals surface area contributed by atoms with Crippen LogP contribution >= 0.6 is 23.4 Å². The molecule has 1 rings (SSSR count). The fourth-order valence-corrected chi connectivity index (χ4v) is 2.04. The van der Waals surface area contributed by atoms with Gasteiger partial charge in [-0.15, -0.1) is 11.8 Å². The first-order valence-corrected chi connectivity index (χ1v) is 6.06. The molecule has 100 valence electrons. The molecular formula is C10H9ClF4N2S. The third-order valence-corrected chi connectivity index (χ3v) is 3.28. The van der Waals surface area contributed by atoms with Gasteiger partial charge in [0.2, 0.25) is 0 Å². The third-order valence-electron chi connectivity index (χ3n) is 1.72. The van der Waals surface area contributed by atoms with Crippen molar-refractivity contribution in [3.63, 3.8) is 0 Å². The number of thioether (sulfide) groups is 1. The normalized spacial score (nSPS) is 12.8. The number of aliphatic imine (C=N–C) groups is 1. The van der Waals surface area contributed by atoms with Gasteiger partial charge in [-0.3, -0.25) is 0 Å². The minimum absolute atomic E-state index is 0.182. The number of nitrogens with two attached hydrogens (primary N) is 1. The van der Waals surface area contributed by atoms with Crippen LogP contribution in [0.4, 0.5) is 23.2 Å². The van der Waals surface area contributed by atoms with Crippen LogP contribution in [0.5, 0.6) is 0 Å². The number of halogens is 5. The van der Waals surface area contributed by atoms with Crippen LogP contribution in [0.3, 0.4) is 0 Å². The Balaban J connectivity index is 2.88. The smallest absolute Gasteiger partial charge is 0.385 e. The lowest BCUT2D eigenvalue weighted by Gasteiger charge is -2.08. The topological polar surface area (TPSA) is 38.4 Å². The van der Waals surface area contributed by atoms with Crippen molar-refractivity contribution in [2.75, 3.05) is 12.4 Å². The van der Waals surface area contributed by atoms with Crippen LogP contribution in [0.1, 0.15) is 0 Å². The molecule has 0 spiro atoms. The summed E-state index contributed by atoms with van der Waals surface area (Å²) in [5.74, 6) is -1.30. The zero-order valence-electron chi connectivity index (χ0n) is 8.97. The SMILES string of the molecule is NC(CF)=Nc1ccc(Cl)c(SCC(F)(F)F)c1. The van der Waals surface area contributed by atoms with Crippen molar-refractivity contribution in [1.29, 1.82) is 0 Å². The van der Waals surface area contributed by atoms with Crippen LogP contribution in [0.25, 0.3) is 0 Å². The van der Waals surface area contributed by atoms with Crippen molar-refractivity contribution < 1.29 is 17.6 Å². The fraction of sp³-hybridized carbons (Fsp3) is 0.300. The second-order valence-electron chi connectivity index (χ2n) is 3.26. The Bertz CT molecular complexity index is 448. The van der Waals surface area contributed by atoms with E-state index in [0.29, 0.717) is 11.8 Å². The molecule has 2 N–H and O–H groups in total. The van der Waals surface area contributed by atoms with Gasteiger partial charge in [0.25, 0.3) is 0 Å². The molecule has 0 fully saturated rings. The summed E-state index contributed by atoms with van der Waals surface area (Å²) in [5.41, 5.74) is 5.45. The van der Waals surface area contributed by atoms with Crippen molar-refractivity contribution in [3.05, 3.63) is 23.2 Å². The van der Waals surface area contributed by atoms with Crippen molar-refractivity contribution in [1.82, 2.24) is 0 Å². The van der Waals surface area contributed by atoms with Gasteiger partial charge in [0.15, 0.2) is 0 Å². The molecular weight excluding hydrogens is 292 g/mol. The van der Waals surface area contributed by atoms with Crippen LogP contribution in [0.15, 0.2) is 28.1 Å². The van der Waals surface area contributed by atoms with E-state index in [1.54, 1.807) is 0 Å². The summed E-state index contributed by atoms with van der Waals surface area (Å²) in [6.45, 7) is -0.923. The number of benzene rings is 1. The predicted octanol–water partition coefficient (Wildman–Crippen LogP) is 3.95. The zero-order chi connectivity index (χ0) is 13.8. The number of amidine groups is 1. The molecule has 0 unspecified atom stereocenters. The van der Waals surface area contributed by atoms with E-state index >= 15 is 0 Å². The average Bonchev–Trinajstić information content (AvgIpc) is 2.28. The van der Waals surface area contributed by atoms with Gasteiger partial charge >= 0.3 is 6.18 Å². The second kappa shape index (κ2) is 6.29. The van der Waals surface area contributed by atoms with E-state index < -0.39 is 18.6 Å². The van der Waals surface area contributed by atoms with Crippen LogP contribution in [-0.2, 0) is 0 Å². The Hall–Kier alpha value is -0.950. The van der Waals surface area contributed by atoms with Gasteiger partial charge in [-0.05, 0) is 18.2 Å². The molecule has 0 aliphatic carbocycles. The third kappa shape index (κ3) is 5.14. The minimum atomic E-state index is -4.29. The largest absolute Gasteiger partial charge is 0.398 e. The molecule has 2 nitrogen and oxygen atoms in total. The van der Waals surface area contributed by atoms with Gasteiger partial charge in [-0.2, -0.15) is 13.2 Å². The zero-order valence-corrected chi connectivity index (χ0v) is 10.5. The van der Waals surface area contributed by atoms with Crippen molar-refractivity contribution in [2.24, 2.45) is 10.7 Å². The highest BCUT2D eigenvalue weighted by Crippen LogP contribution is 2.34. The molecule has 0 aromatic heterocycles. The number of alkyl halides is 4. The molecule has 0 aliphatic heterocycles. The van der Waals surface area contributed by atoms with Crippen molar-refractivity contribution in [2.45, 2.75) is 11.1 Å². The van der Waals surface area contributed by atoms with E-state index in [2.05, 4.69) is 4.99 Å². The lowest BCUT2D eigenvalue weighted by Crippen LogP contribution is -2.12. The molecule has 0 saturated heterocycles. The second-order valence-corrected chi connectivity index (χ2v) is 4.68. The van der Waals surface area contributed by atoms with E-state index in [4.69, 9.17) is 17.3 Å². The summed E-state index contributed by atoms with van der Waals surface area (Å²) >= 11 is 6.30. The maximum atomic E-state index is 12.1. The highest BCUT2D eigenvalue weighted by Gasteiger charge is 2.27. The van der Waals surface area contributed by atoms with Crippen LogP contribution in [0.2, 0.25) is 5.02 Å². The van der Waals surface area contributed by atoms with Crippen molar-refractivity contribution >= 4 is 34.9 Å². The molecule has 0 heterocycles. The lowest BCUT2D eigenvalue weighted by molar-refractivity contribution is -0.105. The van der Waals surface area contributed by atoms with E-state index in [1.165, 1.54) is 18.2 Å². The number of nitrogens with zero attached hydrogens (tertiary/aromatic N) is 1. The van der Waals surface area contributed by atoms with Gasteiger partial charge in [0, 0.05) is 4.90 Å². The Morgan fingerprint density at radius 3 is 2.61 bits per heavy atom. The monoisotopic (exact) mass is 300 g/mol. The van der Waals surface area contributed by atoms with Gasteiger partial charge in [-0.1, -0.05) is 11.6 Å². The summed E-state index contributed by atoms with van der Waals surface area (Å²) < 4.78 is 48.4. The van der Waals surface area contributed by atoms with E-state index in [0.717, 1.165) is 0 Å². The van der Waals surface area contributed by atoms with E-state index in [-0.39, 0.29) is 21.4 Å². The molecule has 18 heavy (non-hydrogen) atoms. The van der Waals surface area contributed by atoms with Gasteiger partial charge < -0.3 is 5.73 Å². The predicted molar refractivity (Wildman–Crippen MR) is 65.5 cm³/mol. The lowest BCUT2D eigenvalue weighted by atomic mass is 10.3. The molecule has 0 aliphatic rings. The first-order valence-electron chi connectivity index (χ1n) is 4.70. The number of hydrogen-bond donors (Lipinski definition) is 1. The average molecular weight is 301 g/mol. The molecule has 1 aromatic carbocycles. The Morgan fingerprint density at radius 1 is 1.39 bits per heavy atom. The summed E-state index contributed by atoms with van der Waals surface area (Å²) in [6.07, 6.45) is -4.29. The Morgan fingerprint density at radius 2 is 2.06 bits per heavy atom. The number of rotatable bonds is 4. The van der Waals surface area contributed by atoms with E-state index in [1.807, 2.05) is 0 Å². The highest BCUT2D eigenvalue weighted by molar-refractivity contribution is 7.99. The molecule has 1 aromatic rings. The minimum Gasteiger partial charge on any atom is -0.385 e. The van der Waals surface area contributed by atoms with Gasteiger partial charge in [0.1, 0.15) is 12.5 Å². The number of hydrogen-bond acceptors (Lipinski definition) is 2. The van der Waals surface area contributed by atoms with Gasteiger partial charge in [0.05, 0.1) is 16.5 Å². The van der Waals surface area contributed by atoms with Crippen LogP contribution < -0.4 is 5.73 Å². The van der Waals surface area contributed by atoms with Crippen LogP contribution in [-0.4, -0.2) is 24.4 Å². The van der Waals surface area contributed by atoms with Gasteiger partial charge in [-0.25, -0.2) is 9.38 Å². The quantitative estimate of drug-likeness (QED) is 0.396. The first kappa shape index (κ1) is 15.1. The standard InChI is InChI=1S/C10H9ClF4N2S/c11-7-2-1-6(17-9(16)4-12)3-8(7)18-5-10(13,14)15/h1-3H,4-5H2,(H2,16,17). The Kier molecular flexibility index (Phi) is 5.28. The molecule has 0 amide bonds. The highest BCUT2D eigenvalue weighted by atomic mass is 35.5. The van der Waals surface area contributed by atoms with Crippen LogP contribution in [0, 0.1) is 0 Å². The maximum Gasteiger partial charge on any atom is 0.398 e. The summed E-state index contributed by atoms with van der Waals surface area (Å²) in [6, 6.07) is 4.17.